The van der Waals surface area contributed by atoms with Crippen LogP contribution in [0.1, 0.15) is 63.8 Å². The fourth-order valence-corrected chi connectivity index (χ4v) is 4.41. The molecule has 23 heavy (non-hydrogen) atoms. The fraction of sp³-hybridized carbons (Fsp3) is 0.429. The summed E-state index contributed by atoms with van der Waals surface area (Å²) in [4.78, 5) is 1.96. The van der Waals surface area contributed by atoms with E-state index in [4.69, 9.17) is 0 Å². The minimum Gasteiger partial charge on any atom is -0.249 e. The van der Waals surface area contributed by atoms with E-state index in [1.54, 1.807) is 0 Å². The van der Waals surface area contributed by atoms with E-state index < -0.39 is 10.8 Å². The molecule has 1 nitrogen and oxygen atoms in total. The van der Waals surface area contributed by atoms with Crippen molar-refractivity contribution >= 4 is 10.8 Å². The molecule has 0 spiro atoms. The number of rotatable bonds is 0. The van der Waals surface area contributed by atoms with Crippen LogP contribution in [-0.2, 0) is 28.1 Å². The van der Waals surface area contributed by atoms with Crippen LogP contribution in [-0.4, -0.2) is 4.21 Å². The maximum atomic E-state index is 12.9. The lowest BCUT2D eigenvalue weighted by atomic mass is 9.84. The Morgan fingerprint density at radius 2 is 1.13 bits per heavy atom. The van der Waals surface area contributed by atoms with Crippen molar-refractivity contribution in [1.82, 2.24) is 0 Å². The summed E-state index contributed by atoms with van der Waals surface area (Å²) in [5.74, 6) is 0. The molecule has 2 heteroatoms. The van der Waals surface area contributed by atoms with Gasteiger partial charge in [-0.05, 0) is 51.6 Å². The summed E-state index contributed by atoms with van der Waals surface area (Å²) in [6.45, 7) is 13.3. The molecule has 0 aliphatic carbocycles. The maximum absolute atomic E-state index is 12.9. The third-order valence-corrected chi connectivity index (χ3v) is 6.23. The van der Waals surface area contributed by atoms with Gasteiger partial charge in [0.15, 0.2) is 0 Å². The van der Waals surface area contributed by atoms with Crippen LogP contribution >= 0.6 is 0 Å². The van der Waals surface area contributed by atoms with Crippen molar-refractivity contribution in [2.24, 2.45) is 0 Å². The molecule has 2 aromatic carbocycles. The molecule has 1 aliphatic heterocycles. The monoisotopic (exact) mass is 326 g/mol. The van der Waals surface area contributed by atoms with Gasteiger partial charge in [0.2, 0.25) is 0 Å². The molecule has 0 radical (unpaired) electrons. The Morgan fingerprint density at radius 1 is 0.739 bits per heavy atom. The van der Waals surface area contributed by atoms with Gasteiger partial charge in [-0.15, -0.1) is 0 Å². The van der Waals surface area contributed by atoms with Crippen molar-refractivity contribution in [3.05, 3.63) is 58.7 Å². The van der Waals surface area contributed by atoms with Gasteiger partial charge in [0.25, 0.3) is 0 Å². The Bertz CT molecular complexity index is 723. The number of hydrogen-bond donors (Lipinski definition) is 0. The minimum atomic E-state index is -1.06. The summed E-state index contributed by atoms with van der Waals surface area (Å²) in [6, 6.07) is 12.9. The largest absolute Gasteiger partial charge is 0.249 e. The van der Waals surface area contributed by atoms with Gasteiger partial charge < -0.3 is 0 Å². The number of benzene rings is 2. The van der Waals surface area contributed by atoms with Crippen molar-refractivity contribution in [2.45, 2.75) is 68.6 Å². The van der Waals surface area contributed by atoms with Crippen LogP contribution in [0.25, 0.3) is 0 Å². The molecule has 0 unspecified atom stereocenters. The van der Waals surface area contributed by atoms with Gasteiger partial charge >= 0.3 is 0 Å². The Labute approximate surface area is 142 Å². The molecule has 0 saturated heterocycles. The van der Waals surface area contributed by atoms with Crippen molar-refractivity contribution in [1.29, 1.82) is 0 Å². The van der Waals surface area contributed by atoms with Crippen LogP contribution in [0.2, 0.25) is 0 Å². The highest BCUT2D eigenvalue weighted by molar-refractivity contribution is 7.85. The van der Waals surface area contributed by atoms with Gasteiger partial charge in [-0.3, -0.25) is 0 Å². The van der Waals surface area contributed by atoms with Crippen molar-refractivity contribution in [3.8, 4) is 0 Å². The summed E-state index contributed by atoms with van der Waals surface area (Å²) >= 11 is 0. The van der Waals surface area contributed by atoms with E-state index in [0.29, 0.717) is 0 Å². The quantitative estimate of drug-likeness (QED) is 0.544. The average molecular weight is 327 g/mol. The summed E-state index contributed by atoms with van der Waals surface area (Å²) < 4.78 is 12.9. The lowest BCUT2D eigenvalue weighted by Gasteiger charge is -2.26. The first-order chi connectivity index (χ1) is 10.6. The molecule has 0 bridgehead atoms. The van der Waals surface area contributed by atoms with E-state index in [-0.39, 0.29) is 10.8 Å². The lowest BCUT2D eigenvalue weighted by Crippen LogP contribution is -2.17. The summed E-state index contributed by atoms with van der Waals surface area (Å²) in [7, 11) is -1.06. The zero-order valence-corrected chi connectivity index (χ0v) is 15.8. The zero-order valence-electron chi connectivity index (χ0n) is 15.0. The van der Waals surface area contributed by atoms with Crippen LogP contribution in [0.5, 0.6) is 0 Å². The van der Waals surface area contributed by atoms with Gasteiger partial charge in [-0.1, -0.05) is 65.8 Å². The number of fused-ring (bicyclic) bond motifs is 2. The minimum absolute atomic E-state index is 0.115. The predicted molar refractivity (Wildman–Crippen MR) is 97.8 cm³/mol. The SMILES string of the molecule is CC(C)(C)c1ccc2c(c1)Cc1cc(C(C)(C)C)ccc1S2=O. The Morgan fingerprint density at radius 3 is 1.48 bits per heavy atom. The molecule has 2 aromatic rings. The van der Waals surface area contributed by atoms with Crippen LogP contribution < -0.4 is 0 Å². The second kappa shape index (κ2) is 5.31. The molecule has 0 atom stereocenters. The first-order valence-electron chi connectivity index (χ1n) is 8.26. The first kappa shape index (κ1) is 16.4. The third-order valence-electron chi connectivity index (χ3n) is 4.63. The normalized spacial score (nSPS) is 15.2. The van der Waals surface area contributed by atoms with Crippen LogP contribution in [0.3, 0.4) is 0 Å². The third kappa shape index (κ3) is 3.01. The Hall–Kier alpha value is -1.41. The summed E-state index contributed by atoms with van der Waals surface area (Å²) in [6.07, 6.45) is 0.879. The molecule has 1 aliphatic rings. The molecule has 3 rings (SSSR count). The number of hydrogen-bond acceptors (Lipinski definition) is 1. The standard InChI is InChI=1S/C21H26OS/c1-20(2,3)16-7-9-18-14(12-16)11-15-13-17(21(4,5)6)8-10-19(15)23(18)22/h7-10,12-13H,11H2,1-6H3. The van der Waals surface area contributed by atoms with Gasteiger partial charge in [-0.25, -0.2) is 4.21 Å². The second-order valence-electron chi connectivity index (χ2n) is 8.59. The van der Waals surface area contributed by atoms with Crippen molar-refractivity contribution in [3.63, 3.8) is 0 Å². The smallest absolute Gasteiger partial charge is 0.0855 e. The molecule has 0 fully saturated rings. The van der Waals surface area contributed by atoms with Gasteiger partial charge in [0, 0.05) is 9.79 Å². The summed E-state index contributed by atoms with van der Waals surface area (Å²) in [5, 5.41) is 0. The van der Waals surface area contributed by atoms with Crippen LogP contribution in [0.15, 0.2) is 46.2 Å². The molecule has 122 valence electrons. The molecular weight excluding hydrogens is 300 g/mol. The maximum Gasteiger partial charge on any atom is 0.0855 e. The Balaban J connectivity index is 2.10. The van der Waals surface area contributed by atoms with E-state index >= 15 is 0 Å². The van der Waals surface area contributed by atoms with E-state index in [1.807, 2.05) is 0 Å². The molecule has 0 aromatic heterocycles. The van der Waals surface area contributed by atoms with E-state index in [2.05, 4.69) is 77.9 Å². The highest BCUT2D eigenvalue weighted by atomic mass is 32.2. The average Bonchev–Trinajstić information content (AvgIpc) is 2.44. The van der Waals surface area contributed by atoms with Gasteiger partial charge in [-0.2, -0.15) is 0 Å². The lowest BCUT2D eigenvalue weighted by molar-refractivity contribution is 0.586. The summed E-state index contributed by atoms with van der Waals surface area (Å²) in [5.41, 5.74) is 5.28. The highest BCUT2D eigenvalue weighted by Gasteiger charge is 2.26. The van der Waals surface area contributed by atoms with Crippen molar-refractivity contribution < 1.29 is 4.21 Å². The van der Waals surface area contributed by atoms with E-state index in [1.165, 1.54) is 22.3 Å². The van der Waals surface area contributed by atoms with Crippen molar-refractivity contribution in [2.75, 3.05) is 0 Å². The van der Waals surface area contributed by atoms with Crippen LogP contribution in [0.4, 0.5) is 0 Å². The molecule has 0 N–H and O–H groups in total. The fourth-order valence-electron chi connectivity index (χ4n) is 3.05. The molecular formula is C21H26OS. The predicted octanol–water partition coefficient (Wildman–Crippen LogP) is 5.35. The van der Waals surface area contributed by atoms with E-state index in [9.17, 15) is 4.21 Å². The molecule has 1 heterocycles. The van der Waals surface area contributed by atoms with E-state index in [0.717, 1.165) is 16.2 Å². The first-order valence-corrected chi connectivity index (χ1v) is 9.41. The van der Waals surface area contributed by atoms with Gasteiger partial charge in [0.05, 0.1) is 10.8 Å². The highest BCUT2D eigenvalue weighted by Crippen LogP contribution is 2.36. The zero-order chi connectivity index (χ0) is 17.0. The molecule has 0 saturated carbocycles. The van der Waals surface area contributed by atoms with Crippen LogP contribution in [0, 0.1) is 0 Å². The van der Waals surface area contributed by atoms with Gasteiger partial charge in [0.1, 0.15) is 0 Å². The molecule has 0 amide bonds. The Kier molecular flexibility index (Phi) is 3.79. The second-order valence-corrected chi connectivity index (χ2v) is 10.0. The topological polar surface area (TPSA) is 17.1 Å².